The Labute approximate surface area is 187 Å². The highest BCUT2D eigenvalue weighted by atomic mass is 16.5. The lowest BCUT2D eigenvalue weighted by atomic mass is 10.1. The van der Waals surface area contributed by atoms with Crippen molar-refractivity contribution < 1.29 is 19.1 Å². The second-order valence-corrected chi connectivity index (χ2v) is 7.99. The molecule has 164 valence electrons. The Balaban J connectivity index is 1.48. The highest BCUT2D eigenvalue weighted by molar-refractivity contribution is 5.99. The van der Waals surface area contributed by atoms with Crippen molar-refractivity contribution in [2.24, 2.45) is 0 Å². The normalized spacial score (nSPS) is 12.7. The third kappa shape index (κ3) is 4.75. The number of fused-ring (bicyclic) bond motifs is 1. The molecule has 3 aromatic rings. The topological polar surface area (TPSA) is 67.9 Å². The van der Waals surface area contributed by atoms with Crippen molar-refractivity contribution in [3.63, 3.8) is 0 Å². The molecule has 0 atom stereocenters. The molecular weight excluding hydrogens is 404 g/mol. The lowest BCUT2D eigenvalue weighted by Gasteiger charge is -2.30. The van der Waals surface area contributed by atoms with Gasteiger partial charge in [0.15, 0.2) is 13.2 Å². The number of carbonyl (C=O) groups excluding carboxylic acids is 2. The first kappa shape index (κ1) is 21.4. The van der Waals surface area contributed by atoms with E-state index < -0.39 is 0 Å². The Morgan fingerprint density at radius 3 is 2.47 bits per heavy atom. The van der Waals surface area contributed by atoms with Gasteiger partial charge in [0, 0.05) is 5.69 Å². The van der Waals surface area contributed by atoms with E-state index in [-0.39, 0.29) is 25.0 Å². The molecule has 0 fully saturated rings. The van der Waals surface area contributed by atoms with Crippen LogP contribution in [0.1, 0.15) is 22.3 Å². The van der Waals surface area contributed by atoms with Crippen LogP contribution in [0.25, 0.3) is 0 Å². The maximum Gasteiger partial charge on any atom is 0.265 e. The Hall–Kier alpha value is -3.80. The van der Waals surface area contributed by atoms with Gasteiger partial charge in [-0.05, 0) is 55.7 Å². The number of para-hydroxylation sites is 1. The Kier molecular flexibility index (Phi) is 6.12. The molecule has 1 N–H and O–H groups in total. The van der Waals surface area contributed by atoms with Gasteiger partial charge in [-0.1, -0.05) is 48.0 Å². The summed E-state index contributed by atoms with van der Waals surface area (Å²) < 4.78 is 11.3. The number of hydrogen-bond acceptors (Lipinski definition) is 4. The molecule has 2 amide bonds. The first-order valence-electron chi connectivity index (χ1n) is 10.5. The molecule has 0 saturated carbocycles. The maximum absolute atomic E-state index is 12.6. The van der Waals surface area contributed by atoms with Gasteiger partial charge in [0.1, 0.15) is 11.5 Å². The molecule has 1 aliphatic heterocycles. The third-order valence-electron chi connectivity index (χ3n) is 5.40. The zero-order valence-electron chi connectivity index (χ0n) is 18.5. The maximum atomic E-state index is 12.6. The first-order chi connectivity index (χ1) is 15.4. The van der Waals surface area contributed by atoms with Gasteiger partial charge < -0.3 is 19.7 Å². The summed E-state index contributed by atoms with van der Waals surface area (Å²) in [6, 6.07) is 19.2. The van der Waals surface area contributed by atoms with Gasteiger partial charge in [-0.3, -0.25) is 9.59 Å². The number of hydrogen-bond donors (Lipinski definition) is 1. The van der Waals surface area contributed by atoms with Crippen LogP contribution in [0.3, 0.4) is 0 Å². The third-order valence-corrected chi connectivity index (χ3v) is 5.40. The van der Waals surface area contributed by atoms with Crippen LogP contribution in [0, 0.1) is 20.8 Å². The molecule has 0 saturated heterocycles. The van der Waals surface area contributed by atoms with Crippen molar-refractivity contribution in [2.75, 3.05) is 23.4 Å². The molecule has 4 rings (SSSR count). The average Bonchev–Trinajstić information content (AvgIpc) is 2.77. The van der Waals surface area contributed by atoms with E-state index in [9.17, 15) is 9.59 Å². The second kappa shape index (κ2) is 9.14. The Bertz CT molecular complexity index is 1130. The largest absolute Gasteiger partial charge is 0.483 e. The van der Waals surface area contributed by atoms with Crippen molar-refractivity contribution in [2.45, 2.75) is 27.3 Å². The minimum Gasteiger partial charge on any atom is -0.483 e. The number of anilines is 2. The lowest BCUT2D eigenvalue weighted by molar-refractivity contribution is -0.121. The summed E-state index contributed by atoms with van der Waals surface area (Å²) in [5.74, 6) is 0.929. The van der Waals surface area contributed by atoms with Crippen LogP contribution in [-0.2, 0) is 16.1 Å². The molecule has 6 heteroatoms. The van der Waals surface area contributed by atoms with E-state index in [4.69, 9.17) is 9.47 Å². The molecular formula is C26H26N2O4. The summed E-state index contributed by atoms with van der Waals surface area (Å²) in [7, 11) is 0. The number of nitrogens with zero attached hydrogens (tertiary/aromatic N) is 1. The van der Waals surface area contributed by atoms with Crippen LogP contribution in [0.5, 0.6) is 11.5 Å². The van der Waals surface area contributed by atoms with Crippen molar-refractivity contribution >= 4 is 23.2 Å². The summed E-state index contributed by atoms with van der Waals surface area (Å²) in [4.78, 5) is 26.8. The molecule has 6 nitrogen and oxygen atoms in total. The number of benzene rings is 3. The van der Waals surface area contributed by atoms with Gasteiger partial charge >= 0.3 is 0 Å². The quantitative estimate of drug-likeness (QED) is 0.623. The molecule has 1 aliphatic rings. The molecule has 3 aromatic carbocycles. The van der Waals surface area contributed by atoms with Crippen LogP contribution in [-0.4, -0.2) is 25.0 Å². The van der Waals surface area contributed by atoms with Crippen LogP contribution in [0.15, 0.2) is 60.7 Å². The van der Waals surface area contributed by atoms with Crippen LogP contribution < -0.4 is 19.7 Å². The first-order valence-corrected chi connectivity index (χ1v) is 10.5. The predicted molar refractivity (Wildman–Crippen MR) is 124 cm³/mol. The van der Waals surface area contributed by atoms with Crippen molar-refractivity contribution in [3.8, 4) is 11.5 Å². The number of rotatable bonds is 6. The zero-order chi connectivity index (χ0) is 22.7. The van der Waals surface area contributed by atoms with Gasteiger partial charge in [0.25, 0.3) is 11.8 Å². The van der Waals surface area contributed by atoms with Crippen LogP contribution in [0.2, 0.25) is 0 Å². The monoisotopic (exact) mass is 430 g/mol. The summed E-state index contributed by atoms with van der Waals surface area (Å²) in [6.07, 6.45) is 0. The second-order valence-electron chi connectivity index (χ2n) is 7.99. The molecule has 1 heterocycles. The molecule has 0 spiro atoms. The minimum atomic E-state index is -0.277. The highest BCUT2D eigenvalue weighted by Gasteiger charge is 2.26. The molecule has 0 aromatic heterocycles. The van der Waals surface area contributed by atoms with E-state index in [1.54, 1.807) is 23.1 Å². The van der Waals surface area contributed by atoms with Gasteiger partial charge in [0.05, 0.1) is 12.2 Å². The fraction of sp³-hybridized carbons (Fsp3) is 0.231. The van der Waals surface area contributed by atoms with Gasteiger partial charge in [-0.25, -0.2) is 0 Å². The number of ether oxygens (including phenoxy) is 2. The molecule has 0 unspecified atom stereocenters. The van der Waals surface area contributed by atoms with Crippen LogP contribution in [0.4, 0.5) is 11.4 Å². The smallest absolute Gasteiger partial charge is 0.265 e. The number of carbonyl (C=O) groups is 2. The van der Waals surface area contributed by atoms with E-state index in [2.05, 4.69) is 5.32 Å². The Morgan fingerprint density at radius 2 is 1.75 bits per heavy atom. The SMILES string of the molecule is Cc1ccc(CN2C(=O)COc3ccc(NC(=O)COc4c(C)cccc4C)cc32)cc1. The molecule has 32 heavy (non-hydrogen) atoms. The zero-order valence-corrected chi connectivity index (χ0v) is 18.5. The lowest BCUT2D eigenvalue weighted by Crippen LogP contribution is -2.38. The van der Waals surface area contributed by atoms with E-state index in [0.717, 1.165) is 28.0 Å². The van der Waals surface area contributed by atoms with E-state index >= 15 is 0 Å². The number of aryl methyl sites for hydroxylation is 3. The molecule has 0 aliphatic carbocycles. The summed E-state index contributed by atoms with van der Waals surface area (Å²) >= 11 is 0. The number of nitrogens with one attached hydrogen (secondary N) is 1. The highest BCUT2D eigenvalue weighted by Crippen LogP contribution is 2.35. The molecule has 0 bridgehead atoms. The standard InChI is InChI=1S/C26H26N2O4/c1-17-7-9-20(10-8-17)14-28-22-13-21(11-12-23(22)31-16-25(28)30)27-24(29)15-32-26-18(2)5-4-6-19(26)3/h4-13H,14-16H2,1-3H3,(H,27,29). The van der Waals surface area contributed by atoms with Crippen LogP contribution >= 0.6 is 0 Å². The summed E-state index contributed by atoms with van der Waals surface area (Å²) in [5, 5.41) is 2.85. The predicted octanol–water partition coefficient (Wildman–Crippen LogP) is 4.55. The summed E-state index contributed by atoms with van der Waals surface area (Å²) in [6.45, 7) is 6.24. The molecule has 0 radical (unpaired) electrons. The fourth-order valence-electron chi connectivity index (χ4n) is 3.69. The fourth-order valence-corrected chi connectivity index (χ4v) is 3.69. The number of amides is 2. The average molecular weight is 431 g/mol. The van der Waals surface area contributed by atoms with Crippen molar-refractivity contribution in [3.05, 3.63) is 82.9 Å². The minimum absolute atomic E-state index is 0.00577. The van der Waals surface area contributed by atoms with Crippen molar-refractivity contribution in [1.82, 2.24) is 0 Å². The van der Waals surface area contributed by atoms with E-state index in [1.165, 1.54) is 0 Å². The van der Waals surface area contributed by atoms with Gasteiger partial charge in [-0.15, -0.1) is 0 Å². The van der Waals surface area contributed by atoms with E-state index in [1.807, 2.05) is 63.2 Å². The summed E-state index contributed by atoms with van der Waals surface area (Å²) in [5.41, 5.74) is 5.35. The van der Waals surface area contributed by atoms with Crippen molar-refractivity contribution in [1.29, 1.82) is 0 Å². The van der Waals surface area contributed by atoms with E-state index in [0.29, 0.717) is 23.7 Å². The Morgan fingerprint density at radius 1 is 1.03 bits per heavy atom. The van der Waals surface area contributed by atoms with Gasteiger partial charge in [0.2, 0.25) is 0 Å². The van der Waals surface area contributed by atoms with Gasteiger partial charge in [-0.2, -0.15) is 0 Å².